The van der Waals surface area contributed by atoms with Gasteiger partial charge >= 0.3 is 0 Å². The third kappa shape index (κ3) is 2.30. The monoisotopic (exact) mass is 345 g/mol. The van der Waals surface area contributed by atoms with Crippen LogP contribution in [0.4, 0.5) is 0 Å². The number of amides is 1. The second-order valence-corrected chi connectivity index (χ2v) is 6.69. The topological polar surface area (TPSA) is 50.5 Å². The molecule has 2 heterocycles. The molecule has 0 aliphatic carbocycles. The maximum absolute atomic E-state index is 13.4. The zero-order valence-corrected chi connectivity index (χ0v) is 14.8. The van der Waals surface area contributed by atoms with E-state index in [-0.39, 0.29) is 17.1 Å². The number of hydrogen-bond donors (Lipinski definition) is 0. The number of benzene rings is 2. The normalized spacial score (nSPS) is 16.2. The first kappa shape index (κ1) is 16.3. The first-order valence-corrected chi connectivity index (χ1v) is 8.57. The highest BCUT2D eigenvalue weighted by Crippen LogP contribution is 2.38. The average Bonchev–Trinajstić information content (AvgIpc) is 2.88. The summed E-state index contributed by atoms with van der Waals surface area (Å²) in [5.74, 6) is -0.130. The smallest absolute Gasteiger partial charge is 0.291 e. The van der Waals surface area contributed by atoms with E-state index in [4.69, 9.17) is 4.42 Å². The van der Waals surface area contributed by atoms with Crippen molar-refractivity contribution in [2.75, 3.05) is 6.54 Å². The van der Waals surface area contributed by atoms with Crippen molar-refractivity contribution in [1.82, 2.24) is 4.90 Å². The van der Waals surface area contributed by atoms with Crippen molar-refractivity contribution in [2.45, 2.75) is 19.9 Å². The molecule has 0 saturated carbocycles. The van der Waals surface area contributed by atoms with E-state index in [1.165, 1.54) is 0 Å². The van der Waals surface area contributed by atoms with Crippen molar-refractivity contribution in [2.24, 2.45) is 0 Å². The number of fused-ring (bicyclic) bond motifs is 2. The Labute approximate surface area is 151 Å². The number of carbonyl (C=O) groups excluding carboxylic acids is 1. The SMILES string of the molecule is C=CCN1C(=O)c2oc3cc(C)cc(C)c3c(=O)c2C1c1ccccc1. The van der Waals surface area contributed by atoms with Crippen LogP contribution in [-0.2, 0) is 0 Å². The van der Waals surface area contributed by atoms with Gasteiger partial charge in [-0.3, -0.25) is 9.59 Å². The molecule has 1 aliphatic rings. The van der Waals surface area contributed by atoms with Gasteiger partial charge in [0.1, 0.15) is 5.58 Å². The van der Waals surface area contributed by atoms with E-state index in [1.54, 1.807) is 11.0 Å². The van der Waals surface area contributed by atoms with Crippen molar-refractivity contribution < 1.29 is 9.21 Å². The van der Waals surface area contributed by atoms with E-state index < -0.39 is 6.04 Å². The minimum Gasteiger partial charge on any atom is -0.450 e. The van der Waals surface area contributed by atoms with Gasteiger partial charge in [0, 0.05) is 6.54 Å². The number of aryl methyl sites for hydroxylation is 2. The second kappa shape index (κ2) is 5.99. The molecule has 1 unspecified atom stereocenters. The molecule has 0 radical (unpaired) electrons. The maximum atomic E-state index is 13.4. The standard InChI is InChI=1S/C22H19NO3/c1-4-10-23-19(15-8-6-5-7-9-15)18-20(24)17-14(3)11-13(2)12-16(17)26-21(18)22(23)25/h4-9,11-12,19H,1,10H2,2-3H3. The lowest BCUT2D eigenvalue weighted by atomic mass is 9.97. The van der Waals surface area contributed by atoms with E-state index in [0.29, 0.717) is 23.1 Å². The van der Waals surface area contributed by atoms with E-state index in [9.17, 15) is 9.59 Å². The fourth-order valence-corrected chi connectivity index (χ4v) is 3.82. The van der Waals surface area contributed by atoms with Gasteiger partial charge in [-0.1, -0.05) is 42.5 Å². The Kier molecular flexibility index (Phi) is 3.76. The summed E-state index contributed by atoms with van der Waals surface area (Å²) in [7, 11) is 0. The lowest BCUT2D eigenvalue weighted by Crippen LogP contribution is -2.29. The molecule has 1 aromatic heterocycles. The molecular weight excluding hydrogens is 326 g/mol. The van der Waals surface area contributed by atoms with Gasteiger partial charge in [0.15, 0.2) is 5.43 Å². The summed E-state index contributed by atoms with van der Waals surface area (Å²) in [6.45, 7) is 7.93. The molecule has 3 aromatic rings. The van der Waals surface area contributed by atoms with Gasteiger partial charge < -0.3 is 9.32 Å². The molecule has 0 N–H and O–H groups in total. The molecule has 0 saturated heterocycles. The minimum absolute atomic E-state index is 0.132. The molecule has 1 amide bonds. The van der Waals surface area contributed by atoms with E-state index in [0.717, 1.165) is 16.7 Å². The zero-order chi connectivity index (χ0) is 18.4. The Balaban J connectivity index is 2.07. The predicted molar refractivity (Wildman–Crippen MR) is 101 cm³/mol. The van der Waals surface area contributed by atoms with Crippen LogP contribution in [0.1, 0.15) is 38.9 Å². The highest BCUT2D eigenvalue weighted by atomic mass is 16.3. The Bertz CT molecular complexity index is 1100. The van der Waals surface area contributed by atoms with Gasteiger partial charge in [-0.05, 0) is 36.6 Å². The van der Waals surface area contributed by atoms with Gasteiger partial charge in [-0.15, -0.1) is 6.58 Å². The van der Waals surface area contributed by atoms with Gasteiger partial charge in [0.25, 0.3) is 5.91 Å². The van der Waals surface area contributed by atoms with Crippen LogP contribution >= 0.6 is 0 Å². The molecule has 0 bridgehead atoms. The molecule has 26 heavy (non-hydrogen) atoms. The molecular formula is C22H19NO3. The van der Waals surface area contributed by atoms with Crippen LogP contribution in [0.25, 0.3) is 11.0 Å². The van der Waals surface area contributed by atoms with Crippen LogP contribution in [0.15, 0.2) is 64.3 Å². The number of nitrogens with zero attached hydrogens (tertiary/aromatic N) is 1. The lowest BCUT2D eigenvalue weighted by Gasteiger charge is -2.23. The van der Waals surface area contributed by atoms with Crippen LogP contribution in [0, 0.1) is 13.8 Å². The molecule has 4 heteroatoms. The molecule has 130 valence electrons. The Morgan fingerprint density at radius 3 is 2.58 bits per heavy atom. The third-order valence-electron chi connectivity index (χ3n) is 4.85. The quantitative estimate of drug-likeness (QED) is 0.670. The summed E-state index contributed by atoms with van der Waals surface area (Å²) < 4.78 is 5.96. The van der Waals surface area contributed by atoms with Gasteiger partial charge in [-0.2, -0.15) is 0 Å². The van der Waals surface area contributed by atoms with Crippen LogP contribution in [0.2, 0.25) is 0 Å². The van der Waals surface area contributed by atoms with Crippen LogP contribution < -0.4 is 5.43 Å². The first-order chi connectivity index (χ1) is 12.5. The first-order valence-electron chi connectivity index (χ1n) is 8.57. The van der Waals surface area contributed by atoms with Gasteiger partial charge in [0.2, 0.25) is 5.76 Å². The van der Waals surface area contributed by atoms with E-state index in [1.807, 2.05) is 56.3 Å². The fraction of sp³-hybridized carbons (Fsp3) is 0.182. The van der Waals surface area contributed by atoms with E-state index in [2.05, 4.69) is 6.58 Å². The Morgan fingerprint density at radius 2 is 1.88 bits per heavy atom. The molecule has 0 fully saturated rings. The third-order valence-corrected chi connectivity index (χ3v) is 4.85. The second-order valence-electron chi connectivity index (χ2n) is 6.69. The molecule has 1 aliphatic heterocycles. The Hall–Kier alpha value is -3.14. The summed E-state index contributed by atoms with van der Waals surface area (Å²) in [5.41, 5.74) is 3.49. The van der Waals surface area contributed by atoms with Crippen LogP contribution in [0.3, 0.4) is 0 Å². The van der Waals surface area contributed by atoms with Gasteiger partial charge in [-0.25, -0.2) is 0 Å². The highest BCUT2D eigenvalue weighted by molar-refractivity contribution is 5.99. The number of carbonyl (C=O) groups is 1. The minimum atomic E-state index is -0.460. The van der Waals surface area contributed by atoms with Crippen LogP contribution in [-0.4, -0.2) is 17.4 Å². The van der Waals surface area contributed by atoms with Crippen molar-refractivity contribution in [3.63, 3.8) is 0 Å². The molecule has 1 atom stereocenters. The molecule has 4 rings (SSSR count). The molecule has 2 aromatic carbocycles. The van der Waals surface area contributed by atoms with Gasteiger partial charge in [0.05, 0.1) is 17.0 Å². The maximum Gasteiger partial charge on any atom is 0.291 e. The highest BCUT2D eigenvalue weighted by Gasteiger charge is 2.42. The van der Waals surface area contributed by atoms with Crippen molar-refractivity contribution in [1.29, 1.82) is 0 Å². The summed E-state index contributed by atoms with van der Waals surface area (Å²) >= 11 is 0. The summed E-state index contributed by atoms with van der Waals surface area (Å²) in [6, 6.07) is 12.9. The van der Waals surface area contributed by atoms with E-state index >= 15 is 0 Å². The Morgan fingerprint density at radius 1 is 1.15 bits per heavy atom. The summed E-state index contributed by atoms with van der Waals surface area (Å²) in [6.07, 6.45) is 1.67. The lowest BCUT2D eigenvalue weighted by molar-refractivity contribution is 0.0748. The predicted octanol–water partition coefficient (Wildman–Crippen LogP) is 4.14. The zero-order valence-electron chi connectivity index (χ0n) is 14.8. The number of rotatable bonds is 3. The van der Waals surface area contributed by atoms with Crippen molar-refractivity contribution >= 4 is 16.9 Å². The van der Waals surface area contributed by atoms with Crippen molar-refractivity contribution in [3.8, 4) is 0 Å². The number of hydrogen-bond acceptors (Lipinski definition) is 3. The summed E-state index contributed by atoms with van der Waals surface area (Å²) in [5, 5.41) is 0.545. The largest absolute Gasteiger partial charge is 0.450 e. The van der Waals surface area contributed by atoms with Crippen molar-refractivity contribution in [3.05, 3.63) is 93.4 Å². The molecule has 4 nitrogen and oxygen atoms in total. The fourth-order valence-electron chi connectivity index (χ4n) is 3.82. The average molecular weight is 345 g/mol. The summed E-state index contributed by atoms with van der Waals surface area (Å²) in [4.78, 5) is 28.0. The van der Waals surface area contributed by atoms with Crippen LogP contribution in [0.5, 0.6) is 0 Å². The molecule has 0 spiro atoms.